The third kappa shape index (κ3) is 15.7. The number of benzene rings is 4. The van der Waals surface area contributed by atoms with Crippen molar-refractivity contribution in [1.82, 2.24) is 0 Å². The lowest BCUT2D eigenvalue weighted by atomic mass is 10.1. The summed E-state index contributed by atoms with van der Waals surface area (Å²) >= 11 is 0. The Morgan fingerprint density at radius 1 is 0.603 bits per heavy atom. The summed E-state index contributed by atoms with van der Waals surface area (Å²) in [6.07, 6.45) is -1.53. The molecular weight excluding hydrogens is 773 g/mol. The number of nitrogens with one attached hydrogen (secondary N) is 2. The van der Waals surface area contributed by atoms with Gasteiger partial charge < -0.3 is 47.7 Å². The van der Waals surface area contributed by atoms with Gasteiger partial charge in [0.25, 0.3) is 0 Å². The van der Waals surface area contributed by atoms with Crippen molar-refractivity contribution in [2.24, 2.45) is 0 Å². The van der Waals surface area contributed by atoms with Crippen LogP contribution in [0.15, 0.2) is 84.9 Å². The second-order valence-corrected chi connectivity index (χ2v) is 18.9. The van der Waals surface area contributed by atoms with Crippen molar-refractivity contribution in [1.29, 1.82) is 0 Å². The maximum Gasteiger partial charge on any atom is 0.411 e. The minimum absolute atomic E-state index is 0.00272. The minimum Gasteiger partial charge on any atom is -0.497 e. The first-order valence-corrected chi connectivity index (χ1v) is 21.5. The maximum absolute atomic E-state index is 12.9. The largest absolute Gasteiger partial charge is 0.497 e. The van der Waals surface area contributed by atoms with Crippen LogP contribution in [0.4, 0.5) is 21.0 Å². The normalized spacial score (nSPS) is 10.5. The molecule has 4 aromatic rings. The van der Waals surface area contributed by atoms with Crippen molar-refractivity contribution >= 4 is 43.6 Å². The highest BCUT2D eigenvalue weighted by Crippen LogP contribution is 2.35. The van der Waals surface area contributed by atoms with Crippen molar-refractivity contribution in [3.63, 3.8) is 0 Å². The average Bonchev–Trinajstić information content (AvgIpc) is 3.20. The van der Waals surface area contributed by atoms with E-state index < -0.39 is 32.2 Å². The first kappa shape index (κ1) is 46.1. The molecule has 0 spiro atoms. The highest BCUT2D eigenvalue weighted by molar-refractivity contribution is 6.76. The molecule has 3 N–H and O–H groups in total. The van der Waals surface area contributed by atoms with Crippen LogP contribution >= 0.6 is 0 Å². The molecule has 0 radical (unpaired) electrons. The Bertz CT molecular complexity index is 1940. The number of carboxylic acid groups (broad SMARTS) is 1. The van der Waals surface area contributed by atoms with Gasteiger partial charge in [-0.1, -0.05) is 80.3 Å². The molecule has 4 rings (SSSR count). The molecular formula is C41H50N2O14Si. The van der Waals surface area contributed by atoms with E-state index in [9.17, 15) is 24.3 Å². The van der Waals surface area contributed by atoms with E-state index in [1.165, 1.54) is 52.7 Å². The van der Waals surface area contributed by atoms with E-state index >= 15 is 0 Å². The van der Waals surface area contributed by atoms with E-state index in [2.05, 4.69) is 30.3 Å². The summed E-state index contributed by atoms with van der Waals surface area (Å²) in [7, 11) is 4.35. The SMILES string of the molecule is COCOc1cc(OC)cc(NC(=O)OCc2ccccc2)c1C(=O)O.COCOc1cc(OC)cc(NC(=O)OCc2ccccc2)c1C(=O)OCC[Si](C)(C)C. The van der Waals surface area contributed by atoms with Gasteiger partial charge in [0.1, 0.15) is 47.3 Å². The standard InChI is InChI=1S/C23H31NO7Si.C18H19NO7/c1-27-16-31-20-14-18(28-2)13-19(21(20)22(25)29-11-12-32(3,4)5)24-23(26)30-15-17-9-7-6-8-10-17;1-23-11-26-15-9-13(24-2)8-14(16(15)17(20)21)19-18(22)25-10-12-6-4-3-5-7-12/h6-10,13-14H,11-12,15-16H2,1-5H3,(H,24,26);3-9H,10-11H2,1-2H3,(H,19,22)(H,20,21). The Kier molecular flexibility index (Phi) is 18.8. The lowest BCUT2D eigenvalue weighted by Crippen LogP contribution is -2.23. The van der Waals surface area contributed by atoms with E-state index in [1.54, 1.807) is 12.1 Å². The number of ether oxygens (including phenoxy) is 9. The van der Waals surface area contributed by atoms with E-state index in [0.29, 0.717) is 11.5 Å². The first-order chi connectivity index (χ1) is 27.8. The fourth-order valence-corrected chi connectivity index (χ4v) is 5.49. The summed E-state index contributed by atoms with van der Waals surface area (Å²) in [5.74, 6) is -1.04. The van der Waals surface area contributed by atoms with Crippen LogP contribution in [-0.2, 0) is 36.9 Å². The first-order valence-electron chi connectivity index (χ1n) is 17.8. The molecule has 0 unspecified atom stereocenters. The zero-order chi connectivity index (χ0) is 42.5. The molecule has 2 amide bonds. The maximum atomic E-state index is 12.9. The molecule has 0 saturated carbocycles. The van der Waals surface area contributed by atoms with Gasteiger partial charge >= 0.3 is 24.1 Å². The predicted octanol–water partition coefficient (Wildman–Crippen LogP) is 8.05. The van der Waals surface area contributed by atoms with E-state index in [4.69, 9.17) is 42.6 Å². The van der Waals surface area contributed by atoms with Gasteiger partial charge in [-0.3, -0.25) is 10.6 Å². The number of hydrogen-bond donors (Lipinski definition) is 3. The van der Waals surface area contributed by atoms with Gasteiger partial charge in [0.05, 0.1) is 32.2 Å². The van der Waals surface area contributed by atoms with Crippen LogP contribution in [0, 0.1) is 0 Å². The Morgan fingerprint density at radius 3 is 1.43 bits per heavy atom. The Labute approximate surface area is 338 Å². The summed E-state index contributed by atoms with van der Waals surface area (Å²) < 4.78 is 46.9. The van der Waals surface area contributed by atoms with Gasteiger partial charge in [-0.2, -0.15) is 0 Å². The fraction of sp³-hybridized carbons (Fsp3) is 0.317. The van der Waals surface area contributed by atoms with Crippen molar-refractivity contribution in [2.45, 2.75) is 38.9 Å². The fourth-order valence-electron chi connectivity index (χ4n) is 4.78. The molecule has 16 nitrogen and oxygen atoms in total. The lowest BCUT2D eigenvalue weighted by molar-refractivity contribution is 0.0437. The number of methoxy groups -OCH3 is 4. The molecule has 0 bridgehead atoms. The molecule has 0 saturated heterocycles. The van der Waals surface area contributed by atoms with Crippen molar-refractivity contribution in [2.75, 3.05) is 59.3 Å². The van der Waals surface area contributed by atoms with Crippen molar-refractivity contribution < 1.29 is 66.9 Å². The highest BCUT2D eigenvalue weighted by atomic mass is 28.3. The van der Waals surface area contributed by atoms with Crippen molar-refractivity contribution in [3.05, 3.63) is 107 Å². The van der Waals surface area contributed by atoms with Gasteiger partial charge in [-0.25, -0.2) is 19.2 Å². The van der Waals surface area contributed by atoms with Gasteiger partial charge in [-0.15, -0.1) is 0 Å². The number of carbonyl (C=O) groups excluding carboxylic acids is 3. The number of rotatable bonds is 19. The third-order valence-corrected chi connectivity index (χ3v) is 9.39. The van der Waals surface area contributed by atoms with Gasteiger partial charge in [0.2, 0.25) is 0 Å². The number of hydrogen-bond acceptors (Lipinski definition) is 13. The van der Waals surface area contributed by atoms with Crippen LogP contribution in [0.3, 0.4) is 0 Å². The monoisotopic (exact) mass is 822 g/mol. The second-order valence-electron chi connectivity index (χ2n) is 13.3. The van der Waals surface area contributed by atoms with Gasteiger partial charge in [0.15, 0.2) is 13.6 Å². The zero-order valence-electron chi connectivity index (χ0n) is 33.6. The molecule has 4 aromatic carbocycles. The number of anilines is 2. The molecule has 0 aliphatic heterocycles. The molecule has 0 fully saturated rings. The van der Waals surface area contributed by atoms with Crippen LogP contribution in [0.5, 0.6) is 23.0 Å². The molecule has 0 atom stereocenters. The summed E-state index contributed by atoms with van der Waals surface area (Å²) in [6.45, 7) is 6.73. The van der Waals surface area contributed by atoms with Crippen LogP contribution in [0.25, 0.3) is 0 Å². The molecule has 0 aliphatic carbocycles. The van der Waals surface area contributed by atoms with Gasteiger partial charge in [0, 0.05) is 46.6 Å². The molecule has 312 valence electrons. The lowest BCUT2D eigenvalue weighted by Gasteiger charge is -2.18. The Morgan fingerprint density at radius 2 is 1.03 bits per heavy atom. The van der Waals surface area contributed by atoms with E-state index in [1.807, 2.05) is 48.5 Å². The van der Waals surface area contributed by atoms with Crippen molar-refractivity contribution in [3.8, 4) is 23.0 Å². The van der Waals surface area contributed by atoms with Crippen LogP contribution in [-0.4, -0.2) is 85.9 Å². The Balaban J connectivity index is 0.000000317. The molecule has 0 aromatic heterocycles. The zero-order valence-corrected chi connectivity index (χ0v) is 34.6. The van der Waals surface area contributed by atoms with Crippen LogP contribution < -0.4 is 29.6 Å². The molecule has 0 aliphatic rings. The Hall–Kier alpha value is -6.30. The number of esters is 1. The summed E-state index contributed by atoms with van der Waals surface area (Å²) in [5, 5.41) is 14.5. The quantitative estimate of drug-likeness (QED) is 0.0356. The second kappa shape index (κ2) is 23.7. The molecule has 17 heteroatoms. The molecule has 58 heavy (non-hydrogen) atoms. The minimum atomic E-state index is -1.40. The highest BCUT2D eigenvalue weighted by Gasteiger charge is 2.25. The number of aromatic carboxylic acids is 1. The summed E-state index contributed by atoms with van der Waals surface area (Å²) in [4.78, 5) is 49.0. The van der Waals surface area contributed by atoms with E-state index in [0.717, 1.165) is 17.2 Å². The summed E-state index contributed by atoms with van der Waals surface area (Å²) in [5.41, 5.74) is 1.61. The number of carboxylic acids is 1. The van der Waals surface area contributed by atoms with Crippen LogP contribution in [0.2, 0.25) is 25.7 Å². The third-order valence-electron chi connectivity index (χ3n) is 7.69. The molecule has 0 heterocycles. The predicted molar refractivity (Wildman–Crippen MR) is 217 cm³/mol. The van der Waals surface area contributed by atoms with E-state index in [-0.39, 0.29) is 67.4 Å². The van der Waals surface area contributed by atoms with Gasteiger partial charge in [-0.05, 0) is 17.2 Å². The number of carbonyl (C=O) groups is 4. The average molecular weight is 823 g/mol. The summed E-state index contributed by atoms with van der Waals surface area (Å²) in [6, 6.07) is 25.0. The number of amides is 2. The topological polar surface area (TPSA) is 196 Å². The van der Waals surface area contributed by atoms with Crippen LogP contribution in [0.1, 0.15) is 31.8 Å². The smallest absolute Gasteiger partial charge is 0.411 e.